The molecule has 0 atom stereocenters. The topological polar surface area (TPSA) is 64.3 Å². The van der Waals surface area contributed by atoms with Gasteiger partial charge in [-0.1, -0.05) is 72.3 Å². The smallest absolute Gasteiger partial charge is 0.335 e. The number of carboxylic acid groups (broad SMARTS) is 1. The standard InChI is InChI=1S/C30H25ClN2O3/c1-20-32-27-14-13-24(30(34)35)17-28(27)33(20)18-25-12-11-22(16-26(25)31)15-23-9-5-6-10-29(23)36-19-21-7-3-2-4-8-21/h2-14,16-17H,15,18-19H2,1H3,(H,34,35). The molecular formula is C30H25ClN2O3. The molecule has 180 valence electrons. The average Bonchev–Trinajstić information content (AvgIpc) is 3.19. The van der Waals surface area contributed by atoms with Crippen molar-refractivity contribution in [3.05, 3.63) is 130 Å². The fourth-order valence-electron chi connectivity index (χ4n) is 4.32. The molecular weight excluding hydrogens is 472 g/mol. The lowest BCUT2D eigenvalue weighted by atomic mass is 10.0. The predicted molar refractivity (Wildman–Crippen MR) is 142 cm³/mol. The van der Waals surface area contributed by atoms with E-state index in [9.17, 15) is 9.90 Å². The monoisotopic (exact) mass is 496 g/mol. The second kappa shape index (κ2) is 10.3. The van der Waals surface area contributed by atoms with Crippen LogP contribution in [0.2, 0.25) is 5.02 Å². The van der Waals surface area contributed by atoms with Crippen molar-refractivity contribution in [2.75, 3.05) is 0 Å². The Morgan fingerprint density at radius 1 is 0.917 bits per heavy atom. The number of ether oxygens (including phenoxy) is 1. The Kier molecular flexibility index (Phi) is 6.74. The molecule has 0 spiro atoms. The normalized spacial score (nSPS) is 11.1. The molecule has 1 heterocycles. The van der Waals surface area contributed by atoms with E-state index in [0.29, 0.717) is 24.6 Å². The van der Waals surface area contributed by atoms with E-state index in [1.807, 2.05) is 60.0 Å². The fourth-order valence-corrected chi connectivity index (χ4v) is 4.58. The number of fused-ring (bicyclic) bond motifs is 1. The first-order valence-corrected chi connectivity index (χ1v) is 12.1. The molecule has 0 aliphatic rings. The Hall–Kier alpha value is -4.09. The van der Waals surface area contributed by atoms with Crippen molar-refractivity contribution < 1.29 is 14.6 Å². The maximum absolute atomic E-state index is 11.4. The molecule has 1 aromatic heterocycles. The number of carbonyl (C=O) groups is 1. The number of aryl methyl sites for hydroxylation is 1. The van der Waals surface area contributed by atoms with Crippen molar-refractivity contribution in [2.45, 2.75) is 26.5 Å². The van der Waals surface area contributed by atoms with Crippen molar-refractivity contribution in [3.63, 3.8) is 0 Å². The van der Waals surface area contributed by atoms with Crippen LogP contribution < -0.4 is 4.74 Å². The van der Waals surface area contributed by atoms with E-state index in [1.54, 1.807) is 18.2 Å². The summed E-state index contributed by atoms with van der Waals surface area (Å²) in [6, 6.07) is 29.2. The predicted octanol–water partition coefficient (Wildman–Crippen LogP) is 6.91. The molecule has 0 fully saturated rings. The molecule has 0 saturated heterocycles. The Bertz CT molecular complexity index is 1540. The van der Waals surface area contributed by atoms with Gasteiger partial charge in [0.05, 0.1) is 23.1 Å². The molecule has 0 unspecified atom stereocenters. The van der Waals surface area contributed by atoms with Crippen molar-refractivity contribution in [1.29, 1.82) is 0 Å². The van der Waals surface area contributed by atoms with Gasteiger partial charge in [-0.3, -0.25) is 0 Å². The number of benzene rings is 4. The summed E-state index contributed by atoms with van der Waals surface area (Å²) in [6.07, 6.45) is 0.694. The van der Waals surface area contributed by atoms with Crippen molar-refractivity contribution in [2.24, 2.45) is 0 Å². The lowest BCUT2D eigenvalue weighted by molar-refractivity contribution is 0.0697. The Morgan fingerprint density at radius 3 is 2.47 bits per heavy atom. The molecule has 0 bridgehead atoms. The van der Waals surface area contributed by atoms with Crippen LogP contribution in [-0.2, 0) is 19.6 Å². The number of hydrogen-bond acceptors (Lipinski definition) is 3. The van der Waals surface area contributed by atoms with Crippen LogP contribution >= 0.6 is 11.6 Å². The van der Waals surface area contributed by atoms with E-state index in [0.717, 1.165) is 44.9 Å². The molecule has 5 rings (SSSR count). The van der Waals surface area contributed by atoms with Crippen LogP contribution in [0.5, 0.6) is 5.75 Å². The van der Waals surface area contributed by atoms with Crippen LogP contribution in [0.4, 0.5) is 0 Å². The summed E-state index contributed by atoms with van der Waals surface area (Å²) in [5, 5.41) is 10.0. The minimum Gasteiger partial charge on any atom is -0.489 e. The molecule has 0 aliphatic carbocycles. The summed E-state index contributed by atoms with van der Waals surface area (Å²) in [5.74, 6) is 0.700. The van der Waals surface area contributed by atoms with Gasteiger partial charge in [-0.25, -0.2) is 9.78 Å². The maximum atomic E-state index is 11.4. The summed E-state index contributed by atoms with van der Waals surface area (Å²) in [6.45, 7) is 2.93. The van der Waals surface area contributed by atoms with Crippen LogP contribution in [0.1, 0.15) is 38.4 Å². The largest absolute Gasteiger partial charge is 0.489 e. The number of aromatic nitrogens is 2. The van der Waals surface area contributed by atoms with Gasteiger partial charge in [-0.15, -0.1) is 0 Å². The summed E-state index contributed by atoms with van der Waals surface area (Å²) < 4.78 is 8.11. The SMILES string of the molecule is Cc1nc2ccc(C(=O)O)cc2n1Cc1ccc(Cc2ccccc2OCc2ccccc2)cc1Cl. The van der Waals surface area contributed by atoms with Crippen LogP contribution in [0.3, 0.4) is 0 Å². The average molecular weight is 497 g/mol. The number of nitrogens with zero attached hydrogens (tertiary/aromatic N) is 2. The molecule has 36 heavy (non-hydrogen) atoms. The first-order chi connectivity index (χ1) is 17.5. The highest BCUT2D eigenvalue weighted by molar-refractivity contribution is 6.31. The second-order valence-corrected chi connectivity index (χ2v) is 9.15. The molecule has 6 heteroatoms. The summed E-state index contributed by atoms with van der Waals surface area (Å²) in [4.78, 5) is 16.0. The number of carboxylic acids is 1. The molecule has 5 nitrogen and oxygen atoms in total. The number of hydrogen-bond donors (Lipinski definition) is 1. The van der Waals surface area contributed by atoms with E-state index in [2.05, 4.69) is 29.2 Å². The zero-order valence-electron chi connectivity index (χ0n) is 19.8. The van der Waals surface area contributed by atoms with Gasteiger partial charge in [-0.2, -0.15) is 0 Å². The lowest BCUT2D eigenvalue weighted by Gasteiger charge is -2.13. The number of rotatable bonds is 8. The molecule has 0 amide bonds. The fraction of sp³-hybridized carbons (Fsp3) is 0.133. The van der Waals surface area contributed by atoms with Crippen molar-refractivity contribution in [1.82, 2.24) is 9.55 Å². The van der Waals surface area contributed by atoms with Gasteiger partial charge in [0.1, 0.15) is 18.2 Å². The van der Waals surface area contributed by atoms with Gasteiger partial charge >= 0.3 is 5.97 Å². The van der Waals surface area contributed by atoms with Gasteiger partial charge in [0.15, 0.2) is 0 Å². The number of para-hydroxylation sites is 1. The number of imidazole rings is 1. The minimum absolute atomic E-state index is 0.234. The third-order valence-electron chi connectivity index (χ3n) is 6.24. The first kappa shape index (κ1) is 23.6. The molecule has 5 aromatic rings. The van der Waals surface area contributed by atoms with Crippen molar-refractivity contribution in [3.8, 4) is 5.75 Å². The molecule has 4 aromatic carbocycles. The second-order valence-electron chi connectivity index (χ2n) is 8.74. The highest BCUT2D eigenvalue weighted by Crippen LogP contribution is 2.27. The maximum Gasteiger partial charge on any atom is 0.335 e. The third-order valence-corrected chi connectivity index (χ3v) is 6.59. The van der Waals surface area contributed by atoms with Crippen LogP contribution in [0.15, 0.2) is 91.0 Å². The summed E-state index contributed by atoms with van der Waals surface area (Å²) in [7, 11) is 0. The van der Waals surface area contributed by atoms with Crippen molar-refractivity contribution >= 4 is 28.6 Å². The highest BCUT2D eigenvalue weighted by Gasteiger charge is 2.13. The van der Waals surface area contributed by atoms with Gasteiger partial charge in [0.2, 0.25) is 0 Å². The Balaban J connectivity index is 1.35. The molecule has 0 saturated carbocycles. The highest BCUT2D eigenvalue weighted by atomic mass is 35.5. The van der Waals surface area contributed by atoms with E-state index < -0.39 is 5.97 Å². The Morgan fingerprint density at radius 2 is 1.69 bits per heavy atom. The van der Waals surface area contributed by atoms with E-state index in [4.69, 9.17) is 16.3 Å². The van der Waals surface area contributed by atoms with Gasteiger partial charge in [0.25, 0.3) is 0 Å². The van der Waals surface area contributed by atoms with E-state index in [-0.39, 0.29) is 5.56 Å². The quantitative estimate of drug-likeness (QED) is 0.253. The molecule has 0 radical (unpaired) electrons. The zero-order chi connectivity index (χ0) is 25.1. The van der Waals surface area contributed by atoms with Gasteiger partial charge < -0.3 is 14.4 Å². The van der Waals surface area contributed by atoms with Crippen LogP contribution in [-0.4, -0.2) is 20.6 Å². The molecule has 1 N–H and O–H groups in total. The minimum atomic E-state index is -0.960. The van der Waals surface area contributed by atoms with Gasteiger partial charge in [-0.05, 0) is 59.5 Å². The van der Waals surface area contributed by atoms with E-state index in [1.165, 1.54) is 0 Å². The Labute approximate surface area is 214 Å². The van der Waals surface area contributed by atoms with E-state index >= 15 is 0 Å². The van der Waals surface area contributed by atoms with Crippen LogP contribution in [0, 0.1) is 6.92 Å². The van der Waals surface area contributed by atoms with Crippen LogP contribution in [0.25, 0.3) is 11.0 Å². The third kappa shape index (κ3) is 5.11. The lowest BCUT2D eigenvalue weighted by Crippen LogP contribution is -2.04. The number of aromatic carboxylic acids is 1. The zero-order valence-corrected chi connectivity index (χ0v) is 20.6. The number of halogens is 1. The summed E-state index contributed by atoms with van der Waals surface area (Å²) in [5.41, 5.74) is 6.01. The summed E-state index contributed by atoms with van der Waals surface area (Å²) >= 11 is 6.72. The first-order valence-electron chi connectivity index (χ1n) is 11.7. The molecule has 0 aliphatic heterocycles. The van der Waals surface area contributed by atoms with Gasteiger partial charge in [0, 0.05) is 11.4 Å².